The van der Waals surface area contributed by atoms with Gasteiger partial charge in [0.25, 0.3) is 0 Å². The molecule has 1 rings (SSSR count). The second kappa shape index (κ2) is 1.86. The zero-order valence-corrected chi connectivity index (χ0v) is 4.39. The van der Waals surface area contributed by atoms with E-state index in [2.05, 4.69) is 17.1 Å². The maximum absolute atomic E-state index is 8.79. The molecule has 3 heteroatoms. The zero-order valence-electron chi connectivity index (χ0n) is 4.39. The predicted molar refractivity (Wildman–Crippen MR) is 29.3 cm³/mol. The summed E-state index contributed by atoms with van der Waals surface area (Å²) in [5.74, 6) is 0.125. The lowest BCUT2D eigenvalue weighted by Gasteiger charge is -1.85. The van der Waals surface area contributed by atoms with Crippen molar-refractivity contribution in [1.82, 2.24) is 10.2 Å². The molecule has 0 aliphatic rings. The summed E-state index contributed by atoms with van der Waals surface area (Å²) in [5.41, 5.74) is 0.755. The monoisotopic (exact) mass is 111 g/mol. The molecule has 2 N–H and O–H groups in total. The molecular weight excluding hydrogens is 104 g/mol. The van der Waals surface area contributed by atoms with Gasteiger partial charge in [-0.05, 0) is 13.3 Å². The average Bonchev–Trinajstić information content (AvgIpc) is 2.14. The number of hydrogen-bond acceptors (Lipinski definition) is 2. The van der Waals surface area contributed by atoms with Crippen molar-refractivity contribution in [3.05, 3.63) is 18.7 Å². The van der Waals surface area contributed by atoms with Gasteiger partial charge in [-0.25, -0.2) is 5.10 Å². The molecule has 0 aliphatic heterocycles. The van der Waals surface area contributed by atoms with Crippen LogP contribution in [0.5, 0.6) is 5.88 Å². The fraction of sp³-hybridized carbons (Fsp3) is 0.200. The Morgan fingerprint density at radius 2 is 2.62 bits per heavy atom. The van der Waals surface area contributed by atoms with Crippen molar-refractivity contribution >= 4 is 0 Å². The highest BCUT2D eigenvalue weighted by atomic mass is 16.3. The van der Waals surface area contributed by atoms with Crippen LogP contribution in [0, 0.1) is 6.92 Å². The number of aromatic hydroxyl groups is 1. The van der Waals surface area contributed by atoms with Crippen molar-refractivity contribution in [2.75, 3.05) is 0 Å². The number of H-pyrrole nitrogens is 1. The largest absolute Gasteiger partial charge is 0.493 e. The van der Waals surface area contributed by atoms with Crippen LogP contribution in [0.3, 0.4) is 0 Å². The van der Waals surface area contributed by atoms with Gasteiger partial charge >= 0.3 is 0 Å². The normalized spacial score (nSPS) is 9.62. The van der Waals surface area contributed by atoms with Gasteiger partial charge in [0.2, 0.25) is 5.88 Å². The minimum Gasteiger partial charge on any atom is -0.493 e. The van der Waals surface area contributed by atoms with Crippen LogP contribution in [0.2, 0.25) is 0 Å². The first-order valence-electron chi connectivity index (χ1n) is 2.35. The highest BCUT2D eigenvalue weighted by Crippen LogP contribution is 2.09. The molecular formula is C5H7N2O. The van der Waals surface area contributed by atoms with Crippen LogP contribution in [0.4, 0.5) is 0 Å². The van der Waals surface area contributed by atoms with Gasteiger partial charge in [0, 0.05) is 5.56 Å². The SMILES string of the molecule is [CH2]Cc1cn[nH]c1O. The molecule has 0 aliphatic carbocycles. The van der Waals surface area contributed by atoms with E-state index >= 15 is 0 Å². The van der Waals surface area contributed by atoms with E-state index in [0.29, 0.717) is 6.42 Å². The molecule has 0 fully saturated rings. The topological polar surface area (TPSA) is 48.9 Å². The Morgan fingerprint density at radius 1 is 1.88 bits per heavy atom. The smallest absolute Gasteiger partial charge is 0.209 e. The number of rotatable bonds is 1. The summed E-state index contributed by atoms with van der Waals surface area (Å²) >= 11 is 0. The molecule has 0 unspecified atom stereocenters. The third-order valence-electron chi connectivity index (χ3n) is 0.964. The average molecular weight is 111 g/mol. The standard InChI is InChI=1S/C5H7N2O/c1-2-4-3-6-7-5(4)8/h3H,1-2H2,(H2,6,7,8). The van der Waals surface area contributed by atoms with Crippen molar-refractivity contribution in [2.45, 2.75) is 6.42 Å². The van der Waals surface area contributed by atoms with Crippen LogP contribution in [0.15, 0.2) is 6.20 Å². The van der Waals surface area contributed by atoms with Gasteiger partial charge in [0.1, 0.15) is 0 Å². The number of nitrogens with zero attached hydrogens (tertiary/aromatic N) is 1. The van der Waals surface area contributed by atoms with Crippen LogP contribution in [0.1, 0.15) is 5.56 Å². The molecule has 0 amide bonds. The highest BCUT2D eigenvalue weighted by Gasteiger charge is 1.96. The quantitative estimate of drug-likeness (QED) is 0.554. The van der Waals surface area contributed by atoms with E-state index in [0.717, 1.165) is 5.56 Å². The van der Waals surface area contributed by atoms with Crippen molar-refractivity contribution in [1.29, 1.82) is 0 Å². The fourth-order valence-electron chi connectivity index (χ4n) is 0.487. The summed E-state index contributed by atoms with van der Waals surface area (Å²) in [4.78, 5) is 0. The number of nitrogens with one attached hydrogen (secondary N) is 1. The molecule has 0 spiro atoms. The molecule has 0 saturated carbocycles. The van der Waals surface area contributed by atoms with Gasteiger partial charge in [0.05, 0.1) is 6.20 Å². The van der Waals surface area contributed by atoms with Gasteiger partial charge in [-0.15, -0.1) is 0 Å². The van der Waals surface area contributed by atoms with Crippen molar-refractivity contribution in [3.63, 3.8) is 0 Å². The molecule has 8 heavy (non-hydrogen) atoms. The number of hydrogen-bond donors (Lipinski definition) is 2. The van der Waals surface area contributed by atoms with Gasteiger partial charge in [-0.3, -0.25) is 0 Å². The summed E-state index contributed by atoms with van der Waals surface area (Å²) in [6, 6.07) is 0. The van der Waals surface area contributed by atoms with Gasteiger partial charge in [-0.1, -0.05) is 0 Å². The number of aromatic nitrogens is 2. The van der Waals surface area contributed by atoms with Crippen LogP contribution in [0.25, 0.3) is 0 Å². The lowest BCUT2D eigenvalue weighted by Crippen LogP contribution is -1.72. The maximum Gasteiger partial charge on any atom is 0.209 e. The summed E-state index contributed by atoms with van der Waals surface area (Å²) in [5, 5.41) is 14.8. The van der Waals surface area contributed by atoms with E-state index in [9.17, 15) is 0 Å². The van der Waals surface area contributed by atoms with Gasteiger partial charge < -0.3 is 5.11 Å². The molecule has 1 aromatic heterocycles. The van der Waals surface area contributed by atoms with Gasteiger partial charge in [-0.2, -0.15) is 5.10 Å². The minimum atomic E-state index is 0.125. The van der Waals surface area contributed by atoms with Crippen LogP contribution in [-0.2, 0) is 6.42 Å². The van der Waals surface area contributed by atoms with Crippen molar-refractivity contribution in [2.24, 2.45) is 0 Å². The van der Waals surface area contributed by atoms with Crippen LogP contribution >= 0.6 is 0 Å². The lowest BCUT2D eigenvalue weighted by molar-refractivity contribution is 0.447. The molecule has 1 aromatic rings. The lowest BCUT2D eigenvalue weighted by atomic mass is 10.3. The number of aromatic amines is 1. The maximum atomic E-state index is 8.79. The molecule has 0 saturated heterocycles. The van der Waals surface area contributed by atoms with E-state index in [1.165, 1.54) is 0 Å². The second-order valence-corrected chi connectivity index (χ2v) is 1.49. The summed E-state index contributed by atoms with van der Waals surface area (Å²) < 4.78 is 0. The molecule has 3 nitrogen and oxygen atoms in total. The third kappa shape index (κ3) is 0.665. The van der Waals surface area contributed by atoms with Crippen molar-refractivity contribution < 1.29 is 5.11 Å². The van der Waals surface area contributed by atoms with E-state index in [1.54, 1.807) is 6.20 Å². The molecule has 1 heterocycles. The highest BCUT2D eigenvalue weighted by molar-refractivity contribution is 5.20. The van der Waals surface area contributed by atoms with E-state index < -0.39 is 0 Å². The van der Waals surface area contributed by atoms with Crippen molar-refractivity contribution in [3.8, 4) is 5.88 Å². The third-order valence-corrected chi connectivity index (χ3v) is 0.964. The van der Waals surface area contributed by atoms with E-state index in [4.69, 9.17) is 5.11 Å². The van der Waals surface area contributed by atoms with Crippen LogP contribution < -0.4 is 0 Å². The predicted octanol–water partition coefficient (Wildman–Crippen LogP) is 0.492. The zero-order chi connectivity index (χ0) is 5.98. The Hall–Kier alpha value is -0.990. The summed E-state index contributed by atoms with van der Waals surface area (Å²) in [7, 11) is 0. The molecule has 43 valence electrons. The Kier molecular flexibility index (Phi) is 1.20. The van der Waals surface area contributed by atoms with E-state index in [-0.39, 0.29) is 5.88 Å². The fourth-order valence-corrected chi connectivity index (χ4v) is 0.487. The Balaban J connectivity index is 2.92. The minimum absolute atomic E-state index is 0.125. The summed E-state index contributed by atoms with van der Waals surface area (Å²) in [6.07, 6.45) is 2.13. The first-order chi connectivity index (χ1) is 3.84. The summed E-state index contributed by atoms with van der Waals surface area (Å²) in [6.45, 7) is 3.57. The Morgan fingerprint density at radius 3 is 2.88 bits per heavy atom. The first kappa shape index (κ1) is 5.15. The molecule has 1 radical (unpaired) electrons. The molecule has 0 atom stereocenters. The van der Waals surface area contributed by atoms with Gasteiger partial charge in [0.15, 0.2) is 0 Å². The Bertz CT molecular complexity index is 171. The molecule has 0 aromatic carbocycles. The molecule has 0 bridgehead atoms. The Labute approximate surface area is 47.4 Å². The van der Waals surface area contributed by atoms with Crippen LogP contribution in [-0.4, -0.2) is 15.3 Å². The first-order valence-corrected chi connectivity index (χ1v) is 2.35. The second-order valence-electron chi connectivity index (χ2n) is 1.49. The van der Waals surface area contributed by atoms with E-state index in [1.807, 2.05) is 0 Å².